The van der Waals surface area contributed by atoms with Gasteiger partial charge in [-0.3, -0.25) is 0 Å². The molecule has 0 saturated heterocycles. The maximum absolute atomic E-state index is 8.74. The third-order valence-corrected chi connectivity index (χ3v) is 3.42. The number of nitrogens with one attached hydrogen (secondary N) is 1. The zero-order valence-electron chi connectivity index (χ0n) is 9.53. The predicted octanol–water partition coefficient (Wildman–Crippen LogP) is 2.74. The van der Waals surface area contributed by atoms with E-state index in [1.807, 2.05) is 6.07 Å². The molecule has 3 N–H and O–H groups in total. The summed E-state index contributed by atoms with van der Waals surface area (Å²) in [6.07, 6.45) is 3.97. The molecule has 0 aromatic heterocycles. The van der Waals surface area contributed by atoms with Crippen LogP contribution in [0.3, 0.4) is 0 Å². The van der Waals surface area contributed by atoms with Gasteiger partial charge >= 0.3 is 0 Å². The molecule has 0 bridgehead atoms. The van der Waals surface area contributed by atoms with Crippen molar-refractivity contribution in [2.24, 2.45) is 5.92 Å². The zero-order chi connectivity index (χ0) is 11.5. The number of nitrogens with zero attached hydrogens (tertiary/aromatic N) is 1. The normalized spacial score (nSPS) is 17.2. The molecule has 0 amide bonds. The van der Waals surface area contributed by atoms with Crippen molar-refractivity contribution in [2.75, 3.05) is 11.1 Å². The van der Waals surface area contributed by atoms with Crippen LogP contribution < -0.4 is 11.1 Å². The summed E-state index contributed by atoms with van der Waals surface area (Å²) in [6.45, 7) is 2.20. The molecule has 1 fully saturated rings. The summed E-state index contributed by atoms with van der Waals surface area (Å²) in [5, 5.41) is 12.2. The summed E-state index contributed by atoms with van der Waals surface area (Å²) < 4.78 is 0. The second-order valence-electron chi connectivity index (χ2n) is 4.54. The Labute approximate surface area is 96.3 Å². The fraction of sp³-hybridized carbons (Fsp3) is 0.462. The molecule has 2 rings (SSSR count). The third kappa shape index (κ3) is 2.11. The summed E-state index contributed by atoms with van der Waals surface area (Å²) >= 11 is 0. The van der Waals surface area contributed by atoms with E-state index >= 15 is 0 Å². The first-order valence-electron chi connectivity index (χ1n) is 5.77. The van der Waals surface area contributed by atoms with Crippen LogP contribution in [0.4, 0.5) is 11.4 Å². The van der Waals surface area contributed by atoms with Gasteiger partial charge in [-0.15, -0.1) is 0 Å². The molecule has 1 saturated carbocycles. The van der Waals surface area contributed by atoms with E-state index in [1.165, 1.54) is 19.3 Å². The number of anilines is 2. The molecule has 84 valence electrons. The van der Waals surface area contributed by atoms with Crippen molar-refractivity contribution in [3.63, 3.8) is 0 Å². The Bertz CT molecular complexity index is 416. The van der Waals surface area contributed by atoms with Crippen LogP contribution in [-0.4, -0.2) is 6.04 Å². The van der Waals surface area contributed by atoms with Gasteiger partial charge in [0.25, 0.3) is 0 Å². The molecule has 1 atom stereocenters. The minimum absolute atomic E-state index is 0.462. The third-order valence-electron chi connectivity index (χ3n) is 3.42. The highest BCUT2D eigenvalue weighted by molar-refractivity contribution is 5.68. The summed E-state index contributed by atoms with van der Waals surface area (Å²) in [5.74, 6) is 0.773. The molecule has 16 heavy (non-hydrogen) atoms. The highest BCUT2D eigenvalue weighted by Crippen LogP contribution is 2.32. The Morgan fingerprint density at radius 1 is 1.50 bits per heavy atom. The van der Waals surface area contributed by atoms with Gasteiger partial charge in [0.2, 0.25) is 0 Å². The molecule has 1 aromatic carbocycles. The standard InChI is InChI=1S/C13H17N3/c1-9(11-3-2-4-11)16-13-6-5-10(8-14)7-12(13)15/h5-7,9,11,16H,2-4,15H2,1H3. The number of hydrogen-bond acceptors (Lipinski definition) is 3. The molecule has 3 nitrogen and oxygen atoms in total. The first-order valence-corrected chi connectivity index (χ1v) is 5.77. The molecule has 1 aromatic rings. The quantitative estimate of drug-likeness (QED) is 0.762. The van der Waals surface area contributed by atoms with Gasteiger partial charge < -0.3 is 11.1 Å². The minimum atomic E-state index is 0.462. The van der Waals surface area contributed by atoms with E-state index < -0.39 is 0 Å². The Morgan fingerprint density at radius 3 is 2.75 bits per heavy atom. The van der Waals surface area contributed by atoms with E-state index in [1.54, 1.807) is 12.1 Å². The fourth-order valence-corrected chi connectivity index (χ4v) is 2.07. The van der Waals surface area contributed by atoms with Gasteiger partial charge in [-0.25, -0.2) is 0 Å². The van der Waals surface area contributed by atoms with E-state index in [-0.39, 0.29) is 0 Å². The number of hydrogen-bond donors (Lipinski definition) is 2. The number of nitrogen functional groups attached to an aromatic ring is 1. The number of nitriles is 1. The Morgan fingerprint density at radius 2 is 2.25 bits per heavy atom. The van der Waals surface area contributed by atoms with Crippen LogP contribution in [-0.2, 0) is 0 Å². The van der Waals surface area contributed by atoms with Crippen molar-refractivity contribution in [1.82, 2.24) is 0 Å². The van der Waals surface area contributed by atoms with Crippen LogP contribution in [0.15, 0.2) is 18.2 Å². The van der Waals surface area contributed by atoms with Crippen LogP contribution in [0.5, 0.6) is 0 Å². The Kier molecular flexibility index (Phi) is 3.00. The molecule has 0 heterocycles. The molecule has 0 radical (unpaired) electrons. The molecular formula is C13H17N3. The van der Waals surface area contributed by atoms with Crippen LogP contribution >= 0.6 is 0 Å². The van der Waals surface area contributed by atoms with Gasteiger partial charge in [0, 0.05) is 6.04 Å². The average Bonchev–Trinajstić information content (AvgIpc) is 2.18. The molecule has 1 aliphatic rings. The van der Waals surface area contributed by atoms with Gasteiger partial charge in [0.05, 0.1) is 23.0 Å². The van der Waals surface area contributed by atoms with Crippen molar-refractivity contribution >= 4 is 11.4 Å². The van der Waals surface area contributed by atoms with Gasteiger partial charge in [-0.2, -0.15) is 5.26 Å². The lowest BCUT2D eigenvalue weighted by Crippen LogP contribution is -2.31. The van der Waals surface area contributed by atoms with Crippen molar-refractivity contribution in [1.29, 1.82) is 5.26 Å². The van der Waals surface area contributed by atoms with E-state index in [0.29, 0.717) is 17.3 Å². The van der Waals surface area contributed by atoms with Crippen LogP contribution in [0, 0.1) is 17.2 Å². The first-order chi connectivity index (χ1) is 7.70. The average molecular weight is 215 g/mol. The van der Waals surface area contributed by atoms with Crippen LogP contribution in [0.2, 0.25) is 0 Å². The first kappa shape index (κ1) is 10.8. The van der Waals surface area contributed by atoms with Crippen LogP contribution in [0.25, 0.3) is 0 Å². The maximum Gasteiger partial charge on any atom is 0.0992 e. The van der Waals surface area contributed by atoms with E-state index in [9.17, 15) is 0 Å². The summed E-state index contributed by atoms with van der Waals surface area (Å²) in [6, 6.07) is 7.96. The van der Waals surface area contributed by atoms with E-state index in [0.717, 1.165) is 11.6 Å². The molecule has 0 aliphatic heterocycles. The van der Waals surface area contributed by atoms with Gasteiger partial charge in [0.1, 0.15) is 0 Å². The summed E-state index contributed by atoms with van der Waals surface area (Å²) in [4.78, 5) is 0. The topological polar surface area (TPSA) is 61.8 Å². The smallest absolute Gasteiger partial charge is 0.0992 e. The lowest BCUT2D eigenvalue weighted by atomic mass is 9.80. The number of rotatable bonds is 3. The lowest BCUT2D eigenvalue weighted by Gasteiger charge is -2.32. The molecule has 0 spiro atoms. The van der Waals surface area contributed by atoms with Crippen molar-refractivity contribution in [2.45, 2.75) is 32.2 Å². The van der Waals surface area contributed by atoms with Gasteiger partial charge in [-0.05, 0) is 43.9 Å². The van der Waals surface area contributed by atoms with Crippen LogP contribution in [0.1, 0.15) is 31.7 Å². The van der Waals surface area contributed by atoms with Crippen molar-refractivity contribution in [3.05, 3.63) is 23.8 Å². The van der Waals surface area contributed by atoms with Gasteiger partial charge in [0.15, 0.2) is 0 Å². The molecule has 1 unspecified atom stereocenters. The monoisotopic (exact) mass is 215 g/mol. The predicted molar refractivity (Wildman–Crippen MR) is 66.0 cm³/mol. The second-order valence-corrected chi connectivity index (χ2v) is 4.54. The lowest BCUT2D eigenvalue weighted by molar-refractivity contribution is 0.285. The SMILES string of the molecule is CC(Nc1ccc(C#N)cc1N)C1CCC1. The number of nitrogens with two attached hydrogens (primary N) is 1. The minimum Gasteiger partial charge on any atom is -0.397 e. The fourth-order valence-electron chi connectivity index (χ4n) is 2.07. The maximum atomic E-state index is 8.74. The Balaban J connectivity index is 2.06. The van der Waals surface area contributed by atoms with Gasteiger partial charge in [-0.1, -0.05) is 6.42 Å². The second kappa shape index (κ2) is 4.44. The Hall–Kier alpha value is -1.69. The van der Waals surface area contributed by atoms with Crippen molar-refractivity contribution < 1.29 is 0 Å². The summed E-state index contributed by atoms with van der Waals surface area (Å²) in [5.41, 5.74) is 8.10. The highest BCUT2D eigenvalue weighted by Gasteiger charge is 2.23. The summed E-state index contributed by atoms with van der Waals surface area (Å²) in [7, 11) is 0. The molecular weight excluding hydrogens is 198 g/mol. The zero-order valence-corrected chi connectivity index (χ0v) is 9.53. The van der Waals surface area contributed by atoms with Crippen molar-refractivity contribution in [3.8, 4) is 6.07 Å². The highest BCUT2D eigenvalue weighted by atomic mass is 14.9. The number of benzene rings is 1. The largest absolute Gasteiger partial charge is 0.397 e. The molecule has 3 heteroatoms. The molecule has 1 aliphatic carbocycles. The van der Waals surface area contributed by atoms with E-state index in [2.05, 4.69) is 18.3 Å². The van der Waals surface area contributed by atoms with E-state index in [4.69, 9.17) is 11.0 Å².